The highest BCUT2D eigenvalue weighted by molar-refractivity contribution is 5.99. The summed E-state index contributed by atoms with van der Waals surface area (Å²) >= 11 is 0. The highest BCUT2D eigenvalue weighted by Gasteiger charge is 2.17. The number of furan rings is 1. The Morgan fingerprint density at radius 3 is 2.52 bits per heavy atom. The van der Waals surface area contributed by atoms with Gasteiger partial charge in [0.05, 0.1) is 0 Å². The van der Waals surface area contributed by atoms with Gasteiger partial charge in [0.15, 0.2) is 5.76 Å². The molecule has 0 atom stereocenters. The van der Waals surface area contributed by atoms with Gasteiger partial charge in [0.1, 0.15) is 11.4 Å². The molecule has 0 unspecified atom stereocenters. The molecule has 1 aromatic heterocycles. The van der Waals surface area contributed by atoms with Crippen LogP contribution in [0.4, 0.5) is 0 Å². The molecule has 0 bridgehead atoms. The summed E-state index contributed by atoms with van der Waals surface area (Å²) in [5, 5.41) is 3.82. The fraction of sp³-hybridized carbons (Fsp3) is 0.238. The Morgan fingerprint density at radius 1 is 1.04 bits per heavy atom. The topological polar surface area (TPSA) is 59.3 Å². The molecule has 2 aromatic carbocycles. The maximum atomic E-state index is 12.5. The predicted octanol–water partition coefficient (Wildman–Crippen LogP) is 4.19. The number of Topliss-reactive ketones (excluding diaryl/α,β-unsaturated/α-hetero) is 1. The minimum atomic E-state index is -0.220. The van der Waals surface area contributed by atoms with Crippen LogP contribution in [0, 0.1) is 6.92 Å². The Hall–Kier alpha value is -2.88. The summed E-state index contributed by atoms with van der Waals surface area (Å²) in [6.45, 7) is 3.94. The molecule has 0 radical (unpaired) electrons. The number of fused-ring (bicyclic) bond motifs is 1. The summed E-state index contributed by atoms with van der Waals surface area (Å²) in [5.74, 6) is 0.294. The molecule has 3 rings (SSSR count). The van der Waals surface area contributed by atoms with Gasteiger partial charge in [-0.25, -0.2) is 0 Å². The van der Waals surface area contributed by atoms with Gasteiger partial charge in [0.25, 0.3) is 5.91 Å². The van der Waals surface area contributed by atoms with Gasteiger partial charge in [-0.2, -0.15) is 0 Å². The molecule has 0 saturated carbocycles. The normalized spacial score (nSPS) is 10.8. The second-order valence-electron chi connectivity index (χ2n) is 6.26. The molecule has 0 spiro atoms. The van der Waals surface area contributed by atoms with Crippen molar-refractivity contribution in [2.24, 2.45) is 0 Å². The molecule has 1 N–H and O–H groups in total. The van der Waals surface area contributed by atoms with Gasteiger partial charge in [0.2, 0.25) is 0 Å². The maximum absolute atomic E-state index is 12.5. The van der Waals surface area contributed by atoms with Crippen molar-refractivity contribution in [3.63, 3.8) is 0 Å². The van der Waals surface area contributed by atoms with E-state index in [1.807, 2.05) is 55.5 Å². The number of hydrogen-bond donors (Lipinski definition) is 1. The van der Waals surface area contributed by atoms with Crippen LogP contribution in [-0.2, 0) is 17.8 Å². The fourth-order valence-corrected chi connectivity index (χ4v) is 2.82. The number of carbonyl (C=O) groups excluding carboxylic acids is 2. The molecule has 1 amide bonds. The predicted molar refractivity (Wildman–Crippen MR) is 97.6 cm³/mol. The van der Waals surface area contributed by atoms with Crippen LogP contribution in [0.5, 0.6) is 0 Å². The van der Waals surface area contributed by atoms with Gasteiger partial charge in [-0.3, -0.25) is 4.79 Å². The number of amides is 1. The molecule has 1 heterocycles. The van der Waals surface area contributed by atoms with Crippen molar-refractivity contribution >= 4 is 22.7 Å². The summed E-state index contributed by atoms with van der Waals surface area (Å²) < 4.78 is 5.75. The SMILES string of the molecule is CC(=O)CCc1ccc2oc(C(=O)NCc3ccccc3)c(C)c2c1. The summed E-state index contributed by atoms with van der Waals surface area (Å²) in [5.41, 5.74) is 3.62. The van der Waals surface area contributed by atoms with E-state index in [0.29, 0.717) is 30.7 Å². The Balaban J connectivity index is 1.78. The third-order valence-electron chi connectivity index (χ3n) is 4.27. The molecular weight excluding hydrogens is 314 g/mol. The molecule has 0 aliphatic rings. The average molecular weight is 335 g/mol. The molecule has 0 saturated heterocycles. The number of rotatable bonds is 6. The maximum Gasteiger partial charge on any atom is 0.287 e. The lowest BCUT2D eigenvalue weighted by Gasteiger charge is -2.03. The minimum absolute atomic E-state index is 0.171. The summed E-state index contributed by atoms with van der Waals surface area (Å²) in [6, 6.07) is 15.6. The lowest BCUT2D eigenvalue weighted by molar-refractivity contribution is -0.116. The lowest BCUT2D eigenvalue weighted by Crippen LogP contribution is -2.22. The number of carbonyl (C=O) groups is 2. The zero-order chi connectivity index (χ0) is 17.8. The number of aryl methyl sites for hydroxylation is 2. The van der Waals surface area contributed by atoms with Crippen molar-refractivity contribution in [3.05, 3.63) is 71.0 Å². The lowest BCUT2D eigenvalue weighted by atomic mass is 10.0. The van der Waals surface area contributed by atoms with E-state index in [1.165, 1.54) is 0 Å². The monoisotopic (exact) mass is 335 g/mol. The molecule has 4 nitrogen and oxygen atoms in total. The Labute approximate surface area is 146 Å². The Morgan fingerprint density at radius 2 is 1.80 bits per heavy atom. The summed E-state index contributed by atoms with van der Waals surface area (Å²) in [4.78, 5) is 23.6. The van der Waals surface area contributed by atoms with Crippen molar-refractivity contribution in [1.82, 2.24) is 5.32 Å². The van der Waals surface area contributed by atoms with E-state index in [4.69, 9.17) is 4.42 Å². The summed E-state index contributed by atoms with van der Waals surface area (Å²) in [7, 11) is 0. The number of ketones is 1. The molecule has 25 heavy (non-hydrogen) atoms. The third kappa shape index (κ3) is 3.97. The molecular formula is C21H21NO3. The van der Waals surface area contributed by atoms with E-state index in [0.717, 1.165) is 22.1 Å². The molecule has 3 aromatic rings. The van der Waals surface area contributed by atoms with Gasteiger partial charge >= 0.3 is 0 Å². The van der Waals surface area contributed by atoms with Crippen LogP contribution < -0.4 is 5.32 Å². The van der Waals surface area contributed by atoms with E-state index in [9.17, 15) is 9.59 Å². The van der Waals surface area contributed by atoms with Crippen molar-refractivity contribution in [2.45, 2.75) is 33.2 Å². The van der Waals surface area contributed by atoms with Crippen molar-refractivity contribution in [3.8, 4) is 0 Å². The molecule has 128 valence electrons. The first kappa shape index (κ1) is 17.0. The van der Waals surface area contributed by atoms with E-state index < -0.39 is 0 Å². The molecule has 0 aliphatic carbocycles. The van der Waals surface area contributed by atoms with Gasteiger partial charge in [-0.15, -0.1) is 0 Å². The zero-order valence-electron chi connectivity index (χ0n) is 14.5. The minimum Gasteiger partial charge on any atom is -0.451 e. The summed E-state index contributed by atoms with van der Waals surface area (Å²) in [6.07, 6.45) is 1.22. The van der Waals surface area contributed by atoms with Gasteiger partial charge in [-0.05, 0) is 43.5 Å². The number of hydrogen-bond acceptors (Lipinski definition) is 3. The molecule has 4 heteroatoms. The number of nitrogens with one attached hydrogen (secondary N) is 1. The second-order valence-corrected chi connectivity index (χ2v) is 6.26. The van der Waals surface area contributed by atoms with Crippen LogP contribution in [0.15, 0.2) is 52.9 Å². The largest absolute Gasteiger partial charge is 0.451 e. The highest BCUT2D eigenvalue weighted by Crippen LogP contribution is 2.26. The quantitative estimate of drug-likeness (QED) is 0.735. The van der Waals surface area contributed by atoms with E-state index >= 15 is 0 Å². The van der Waals surface area contributed by atoms with Crippen LogP contribution in [0.3, 0.4) is 0 Å². The van der Waals surface area contributed by atoms with Crippen molar-refractivity contribution < 1.29 is 14.0 Å². The van der Waals surface area contributed by atoms with Crippen LogP contribution in [0.25, 0.3) is 11.0 Å². The fourth-order valence-electron chi connectivity index (χ4n) is 2.82. The average Bonchev–Trinajstić information content (AvgIpc) is 2.95. The first-order valence-corrected chi connectivity index (χ1v) is 8.38. The molecule has 0 fully saturated rings. The van der Waals surface area contributed by atoms with Crippen molar-refractivity contribution in [1.29, 1.82) is 0 Å². The second kappa shape index (κ2) is 7.34. The van der Waals surface area contributed by atoms with Crippen LogP contribution >= 0.6 is 0 Å². The number of benzene rings is 2. The van der Waals surface area contributed by atoms with Crippen molar-refractivity contribution in [2.75, 3.05) is 0 Å². The Bertz CT molecular complexity index is 910. The van der Waals surface area contributed by atoms with E-state index in [-0.39, 0.29) is 11.7 Å². The van der Waals surface area contributed by atoms with Crippen LogP contribution in [0.1, 0.15) is 40.6 Å². The Kier molecular flexibility index (Phi) is 4.98. The molecule has 0 aliphatic heterocycles. The van der Waals surface area contributed by atoms with Gasteiger partial charge in [-0.1, -0.05) is 36.4 Å². The highest BCUT2D eigenvalue weighted by atomic mass is 16.3. The van der Waals surface area contributed by atoms with Gasteiger partial charge < -0.3 is 14.5 Å². The smallest absolute Gasteiger partial charge is 0.287 e. The standard InChI is InChI=1S/C21H21NO3/c1-14(23)8-9-16-10-11-19-18(12-16)15(2)20(25-19)21(24)22-13-17-6-4-3-5-7-17/h3-7,10-12H,8-9,13H2,1-2H3,(H,22,24). The van der Waals surface area contributed by atoms with Crippen LogP contribution in [-0.4, -0.2) is 11.7 Å². The van der Waals surface area contributed by atoms with Crippen LogP contribution in [0.2, 0.25) is 0 Å². The van der Waals surface area contributed by atoms with Gasteiger partial charge in [0, 0.05) is 23.9 Å². The first-order valence-electron chi connectivity index (χ1n) is 8.38. The van der Waals surface area contributed by atoms with E-state index in [2.05, 4.69) is 5.32 Å². The zero-order valence-corrected chi connectivity index (χ0v) is 14.5. The van der Waals surface area contributed by atoms with E-state index in [1.54, 1.807) is 6.92 Å². The first-order chi connectivity index (χ1) is 12.0. The third-order valence-corrected chi connectivity index (χ3v) is 4.27.